The van der Waals surface area contributed by atoms with Gasteiger partial charge >= 0.3 is 0 Å². The van der Waals surface area contributed by atoms with Crippen molar-refractivity contribution in [2.75, 3.05) is 5.32 Å². The van der Waals surface area contributed by atoms with E-state index in [1.165, 1.54) is 27.8 Å². The average molecular weight is 559 g/mol. The molecule has 0 atom stereocenters. The van der Waals surface area contributed by atoms with Crippen molar-refractivity contribution in [2.24, 2.45) is 0 Å². The lowest BCUT2D eigenvalue weighted by atomic mass is 9.81. The molecule has 1 heterocycles. The van der Waals surface area contributed by atoms with E-state index in [1.807, 2.05) is 25.3 Å². The molecule has 1 aliphatic carbocycles. The van der Waals surface area contributed by atoms with Crippen LogP contribution >= 0.6 is 0 Å². The van der Waals surface area contributed by atoms with Gasteiger partial charge in [0.2, 0.25) is 0 Å². The number of nitrogens with zero attached hydrogens (tertiary/aromatic N) is 1. The van der Waals surface area contributed by atoms with Gasteiger partial charge in [0.1, 0.15) is 0 Å². The van der Waals surface area contributed by atoms with E-state index in [9.17, 15) is 0 Å². The number of anilines is 2. The predicted molar refractivity (Wildman–Crippen MR) is 185 cm³/mol. The van der Waals surface area contributed by atoms with Crippen LogP contribution in [-0.2, 0) is 5.41 Å². The topological polar surface area (TPSA) is 24.9 Å². The molecule has 2 heteroatoms. The highest BCUT2D eigenvalue weighted by molar-refractivity contribution is 5.86. The van der Waals surface area contributed by atoms with Crippen LogP contribution in [0.1, 0.15) is 50.8 Å². The van der Waals surface area contributed by atoms with E-state index in [1.54, 1.807) is 0 Å². The van der Waals surface area contributed by atoms with E-state index in [-0.39, 0.29) is 5.41 Å². The standard InChI is InChI=1S/C41H38N2/c1-6-8-16-35(28(3)7-2)30-14-13-15-33(24-30)43-34-25-31(23-32(26-34)40-19-11-12-22-42-40)29-20-21-37-36-17-9-10-18-38(36)41(4,5)39(37)27-29/h6,8-27,43H,3,7H2,1-2,4-5H3. The Kier molecular flexibility index (Phi) is 7.69. The summed E-state index contributed by atoms with van der Waals surface area (Å²) < 4.78 is 0. The minimum absolute atomic E-state index is 0.0528. The number of fused-ring (bicyclic) bond motifs is 3. The Morgan fingerprint density at radius 3 is 2.35 bits per heavy atom. The maximum atomic E-state index is 4.68. The SMILES string of the molecule is C=C(CC)C(=CC=CC)c1cccc(Nc2cc(-c3ccc4c(c3)C(C)(C)c3ccccc3-4)cc(-c3ccccn3)c2)c1. The fraction of sp³-hybridized carbons (Fsp3) is 0.146. The molecule has 5 aromatic rings. The molecule has 212 valence electrons. The zero-order valence-electron chi connectivity index (χ0n) is 25.5. The van der Waals surface area contributed by atoms with Crippen LogP contribution in [0.15, 0.2) is 140 Å². The molecule has 0 aliphatic heterocycles. The maximum absolute atomic E-state index is 4.68. The Morgan fingerprint density at radius 1 is 0.767 bits per heavy atom. The van der Waals surface area contributed by atoms with Gasteiger partial charge in [-0.1, -0.05) is 100 Å². The molecule has 0 saturated heterocycles. The van der Waals surface area contributed by atoms with Crippen molar-refractivity contribution in [1.82, 2.24) is 4.98 Å². The second-order valence-electron chi connectivity index (χ2n) is 11.7. The quantitative estimate of drug-likeness (QED) is 0.192. The minimum atomic E-state index is -0.0528. The Morgan fingerprint density at radius 2 is 1.56 bits per heavy atom. The van der Waals surface area contributed by atoms with E-state index in [0.29, 0.717) is 0 Å². The van der Waals surface area contributed by atoms with E-state index < -0.39 is 0 Å². The Hall–Kier alpha value is -4.95. The van der Waals surface area contributed by atoms with Crippen molar-refractivity contribution in [1.29, 1.82) is 0 Å². The monoisotopic (exact) mass is 558 g/mol. The van der Waals surface area contributed by atoms with Gasteiger partial charge in [-0.25, -0.2) is 0 Å². The summed E-state index contributed by atoms with van der Waals surface area (Å²) in [5.74, 6) is 0. The first-order valence-electron chi connectivity index (χ1n) is 15.1. The molecule has 2 nitrogen and oxygen atoms in total. The molecule has 0 spiro atoms. The van der Waals surface area contributed by atoms with Crippen LogP contribution in [0.4, 0.5) is 11.4 Å². The zero-order chi connectivity index (χ0) is 30.0. The highest BCUT2D eigenvalue weighted by Gasteiger charge is 2.35. The summed E-state index contributed by atoms with van der Waals surface area (Å²) >= 11 is 0. The van der Waals surface area contributed by atoms with Gasteiger partial charge < -0.3 is 5.32 Å². The van der Waals surface area contributed by atoms with Crippen molar-refractivity contribution < 1.29 is 0 Å². The van der Waals surface area contributed by atoms with Gasteiger partial charge in [-0.3, -0.25) is 4.98 Å². The average Bonchev–Trinajstić information content (AvgIpc) is 3.27. The molecule has 0 unspecified atom stereocenters. The number of pyridine rings is 1. The van der Waals surface area contributed by atoms with Crippen LogP contribution in [-0.4, -0.2) is 4.98 Å². The highest BCUT2D eigenvalue weighted by Crippen LogP contribution is 2.49. The summed E-state index contributed by atoms with van der Waals surface area (Å²) in [7, 11) is 0. The van der Waals surface area contributed by atoms with E-state index >= 15 is 0 Å². The molecule has 0 fully saturated rings. The summed E-state index contributed by atoms with van der Waals surface area (Å²) in [4.78, 5) is 4.68. The van der Waals surface area contributed by atoms with Gasteiger partial charge in [0.25, 0.3) is 0 Å². The van der Waals surface area contributed by atoms with Crippen molar-refractivity contribution in [2.45, 2.75) is 39.5 Å². The number of benzene rings is 4. The third kappa shape index (κ3) is 5.49. The van der Waals surface area contributed by atoms with Crippen LogP contribution in [0.25, 0.3) is 39.1 Å². The van der Waals surface area contributed by atoms with Crippen LogP contribution in [0.3, 0.4) is 0 Å². The summed E-state index contributed by atoms with van der Waals surface area (Å²) in [6.45, 7) is 13.2. The van der Waals surface area contributed by atoms with Crippen molar-refractivity contribution in [3.63, 3.8) is 0 Å². The summed E-state index contributed by atoms with van der Waals surface area (Å²) in [6, 6.07) is 37.1. The van der Waals surface area contributed by atoms with Gasteiger partial charge in [0, 0.05) is 28.6 Å². The Balaban J connectivity index is 1.43. The highest BCUT2D eigenvalue weighted by atomic mass is 14.9. The minimum Gasteiger partial charge on any atom is -0.355 e. The molecule has 0 radical (unpaired) electrons. The molecule has 1 aliphatic rings. The largest absolute Gasteiger partial charge is 0.355 e. The lowest BCUT2D eigenvalue weighted by molar-refractivity contribution is 0.660. The van der Waals surface area contributed by atoms with Crippen LogP contribution < -0.4 is 5.32 Å². The molecule has 43 heavy (non-hydrogen) atoms. The first-order chi connectivity index (χ1) is 20.9. The fourth-order valence-electron chi connectivity index (χ4n) is 6.16. The maximum Gasteiger partial charge on any atom is 0.0702 e. The number of hydrogen-bond acceptors (Lipinski definition) is 2. The summed E-state index contributed by atoms with van der Waals surface area (Å²) in [5.41, 5.74) is 15.2. The number of allylic oxidation sites excluding steroid dienone is 5. The molecular weight excluding hydrogens is 520 g/mol. The van der Waals surface area contributed by atoms with Crippen LogP contribution in [0, 0.1) is 0 Å². The third-order valence-corrected chi connectivity index (χ3v) is 8.54. The summed E-state index contributed by atoms with van der Waals surface area (Å²) in [6.07, 6.45) is 9.04. The molecule has 6 rings (SSSR count). The van der Waals surface area contributed by atoms with Crippen molar-refractivity contribution in [3.05, 3.63) is 156 Å². The smallest absolute Gasteiger partial charge is 0.0702 e. The lowest BCUT2D eigenvalue weighted by Crippen LogP contribution is -2.14. The second-order valence-corrected chi connectivity index (χ2v) is 11.7. The zero-order valence-corrected chi connectivity index (χ0v) is 25.5. The lowest BCUT2D eigenvalue weighted by Gasteiger charge is -2.22. The molecule has 4 aromatic carbocycles. The fourth-order valence-corrected chi connectivity index (χ4v) is 6.16. The van der Waals surface area contributed by atoms with Gasteiger partial charge in [0.05, 0.1) is 5.69 Å². The van der Waals surface area contributed by atoms with E-state index in [4.69, 9.17) is 0 Å². The van der Waals surface area contributed by atoms with Crippen molar-refractivity contribution in [3.8, 4) is 33.5 Å². The van der Waals surface area contributed by atoms with Crippen LogP contribution in [0.5, 0.6) is 0 Å². The molecular formula is C41H38N2. The van der Waals surface area contributed by atoms with Crippen molar-refractivity contribution >= 4 is 16.9 Å². The van der Waals surface area contributed by atoms with Gasteiger partial charge in [0.15, 0.2) is 0 Å². The molecule has 1 aromatic heterocycles. The van der Waals surface area contributed by atoms with E-state index in [0.717, 1.165) is 51.3 Å². The first-order valence-corrected chi connectivity index (χ1v) is 15.1. The Bertz CT molecular complexity index is 1870. The molecule has 0 amide bonds. The molecule has 1 N–H and O–H groups in total. The summed E-state index contributed by atoms with van der Waals surface area (Å²) in [5, 5.41) is 3.71. The normalized spacial score (nSPS) is 13.5. The van der Waals surface area contributed by atoms with Gasteiger partial charge in [-0.2, -0.15) is 0 Å². The third-order valence-electron chi connectivity index (χ3n) is 8.54. The molecule has 0 saturated carbocycles. The number of nitrogens with one attached hydrogen (secondary N) is 1. The molecule has 0 bridgehead atoms. The van der Waals surface area contributed by atoms with Gasteiger partial charge in [-0.05, 0) is 112 Å². The number of rotatable bonds is 8. The predicted octanol–water partition coefficient (Wildman–Crippen LogP) is 11.4. The van der Waals surface area contributed by atoms with Gasteiger partial charge in [-0.15, -0.1) is 0 Å². The first kappa shape index (κ1) is 28.2. The number of aromatic nitrogens is 1. The van der Waals surface area contributed by atoms with Crippen LogP contribution in [0.2, 0.25) is 0 Å². The Labute approximate surface area is 256 Å². The van der Waals surface area contributed by atoms with E-state index in [2.05, 4.69) is 147 Å². The number of hydrogen-bond donors (Lipinski definition) is 1. The second kappa shape index (κ2) is 11.7.